The monoisotopic (exact) mass is 553 g/mol. The van der Waals surface area contributed by atoms with Gasteiger partial charge in [-0.1, -0.05) is 67.2 Å². The lowest BCUT2D eigenvalue weighted by atomic mass is 10.1. The van der Waals surface area contributed by atoms with Gasteiger partial charge in [-0.05, 0) is 49.3 Å². The van der Waals surface area contributed by atoms with E-state index >= 15 is 0 Å². The van der Waals surface area contributed by atoms with Crippen LogP contribution < -0.4 is 5.32 Å². The second kappa shape index (κ2) is 16.7. The van der Waals surface area contributed by atoms with Crippen molar-refractivity contribution in [3.63, 3.8) is 0 Å². The molecular weight excluding hydrogens is 514 g/mol. The lowest BCUT2D eigenvalue weighted by Crippen LogP contribution is -2.44. The van der Waals surface area contributed by atoms with E-state index < -0.39 is 11.9 Å². The molecule has 1 unspecified atom stereocenters. The highest BCUT2D eigenvalue weighted by Gasteiger charge is 2.25. The smallest absolute Gasteiger partial charge is 0.328 e. The number of nitrogens with zero attached hydrogens (tertiary/aromatic N) is 2. The van der Waals surface area contributed by atoms with Crippen LogP contribution in [0.4, 0.5) is 5.69 Å². The number of carbonyl (C=O) groups is 2. The molecule has 0 bridgehead atoms. The van der Waals surface area contributed by atoms with Crippen LogP contribution in [0.2, 0.25) is 0 Å². The Balaban J connectivity index is 0.000000459. The van der Waals surface area contributed by atoms with E-state index in [0.717, 1.165) is 63.0 Å². The molecular formula is C30H39N3O5S. The van der Waals surface area contributed by atoms with Gasteiger partial charge in [0.2, 0.25) is 0 Å². The second-order valence-corrected chi connectivity index (χ2v) is 10.7. The third kappa shape index (κ3) is 11.2. The van der Waals surface area contributed by atoms with E-state index in [-0.39, 0.29) is 0 Å². The first-order chi connectivity index (χ1) is 18.9. The van der Waals surface area contributed by atoms with Gasteiger partial charge in [-0.25, -0.2) is 14.6 Å². The Hall–Kier alpha value is -3.14. The van der Waals surface area contributed by atoms with Crippen LogP contribution in [0.1, 0.15) is 49.0 Å². The average molecular weight is 554 g/mol. The van der Waals surface area contributed by atoms with E-state index in [9.17, 15) is 9.59 Å². The fourth-order valence-electron chi connectivity index (χ4n) is 4.51. The number of carboxylic acid groups (broad SMARTS) is 2. The average Bonchev–Trinajstić information content (AvgIpc) is 2.95. The number of carboxylic acids is 2. The maximum Gasteiger partial charge on any atom is 0.328 e. The first-order valence-electron chi connectivity index (χ1n) is 13.5. The molecule has 4 rings (SSSR count). The normalized spacial score (nSPS) is 17.6. The molecule has 39 heavy (non-hydrogen) atoms. The van der Waals surface area contributed by atoms with Gasteiger partial charge in [0.1, 0.15) is 0 Å². The number of ether oxygens (including phenoxy) is 1. The molecule has 2 heterocycles. The number of hydrogen-bond acceptors (Lipinski definition) is 7. The Morgan fingerprint density at radius 2 is 1.69 bits per heavy atom. The van der Waals surface area contributed by atoms with E-state index in [1.54, 1.807) is 0 Å². The molecule has 0 saturated carbocycles. The van der Waals surface area contributed by atoms with E-state index in [0.29, 0.717) is 23.4 Å². The number of para-hydroxylation sites is 1. The zero-order chi connectivity index (χ0) is 27.9. The minimum Gasteiger partial charge on any atom is -0.478 e. The summed E-state index contributed by atoms with van der Waals surface area (Å²) in [7, 11) is 0. The predicted molar refractivity (Wildman–Crippen MR) is 157 cm³/mol. The third-order valence-corrected chi connectivity index (χ3v) is 7.86. The molecule has 0 aromatic heterocycles. The van der Waals surface area contributed by atoms with Crippen LogP contribution >= 0.6 is 11.8 Å². The van der Waals surface area contributed by atoms with Gasteiger partial charge in [-0.2, -0.15) is 0 Å². The number of aliphatic imine (C=N–C) groups is 1. The van der Waals surface area contributed by atoms with Gasteiger partial charge in [0.15, 0.2) is 5.17 Å². The molecule has 1 saturated heterocycles. The molecule has 0 aliphatic carbocycles. The quantitative estimate of drug-likeness (QED) is 0.254. The summed E-state index contributed by atoms with van der Waals surface area (Å²) in [5.41, 5.74) is 3.87. The van der Waals surface area contributed by atoms with Crippen LogP contribution in [0.25, 0.3) is 0 Å². The summed E-state index contributed by atoms with van der Waals surface area (Å²) in [4.78, 5) is 26.6. The Morgan fingerprint density at radius 1 is 1.03 bits per heavy atom. The van der Waals surface area contributed by atoms with Crippen molar-refractivity contribution in [1.29, 1.82) is 0 Å². The molecule has 2 aromatic carbocycles. The van der Waals surface area contributed by atoms with Gasteiger partial charge in [-0.15, -0.1) is 0 Å². The molecule has 8 nitrogen and oxygen atoms in total. The van der Waals surface area contributed by atoms with Gasteiger partial charge < -0.3 is 25.2 Å². The van der Waals surface area contributed by atoms with Gasteiger partial charge in [0.05, 0.1) is 12.3 Å². The molecule has 2 aliphatic heterocycles. The number of aliphatic carboxylic acids is 2. The zero-order valence-corrected chi connectivity index (χ0v) is 23.3. The highest BCUT2D eigenvalue weighted by molar-refractivity contribution is 8.14. The van der Waals surface area contributed by atoms with E-state index in [2.05, 4.69) is 71.7 Å². The number of thioether (sulfide) groups is 1. The zero-order valence-electron chi connectivity index (χ0n) is 22.5. The summed E-state index contributed by atoms with van der Waals surface area (Å²) in [6.07, 6.45) is 6.74. The van der Waals surface area contributed by atoms with Crippen molar-refractivity contribution in [1.82, 2.24) is 10.2 Å². The number of likely N-dealkylation sites (tertiary alicyclic amines) is 1. The lowest BCUT2D eigenvalue weighted by Gasteiger charge is -2.34. The number of benzene rings is 2. The highest BCUT2D eigenvalue weighted by atomic mass is 32.2. The largest absolute Gasteiger partial charge is 0.478 e. The van der Waals surface area contributed by atoms with Crippen LogP contribution in [0.5, 0.6) is 0 Å². The summed E-state index contributed by atoms with van der Waals surface area (Å²) < 4.78 is 5.84. The second-order valence-electron chi connectivity index (χ2n) is 9.46. The minimum absolute atomic E-state index is 0.512. The number of fused-ring (bicyclic) bond motifs is 1. The fraction of sp³-hybridized carbons (Fsp3) is 0.433. The number of nitrogens with one attached hydrogen (secondary N) is 1. The van der Waals surface area contributed by atoms with Crippen LogP contribution in [0.3, 0.4) is 0 Å². The Morgan fingerprint density at radius 3 is 2.36 bits per heavy atom. The Kier molecular flexibility index (Phi) is 13.1. The lowest BCUT2D eigenvalue weighted by molar-refractivity contribution is -0.134. The summed E-state index contributed by atoms with van der Waals surface area (Å²) in [5.74, 6) is -2.51. The van der Waals surface area contributed by atoms with Crippen molar-refractivity contribution < 1.29 is 24.5 Å². The van der Waals surface area contributed by atoms with Crippen LogP contribution in [-0.4, -0.2) is 71.1 Å². The van der Waals surface area contributed by atoms with Gasteiger partial charge in [0, 0.05) is 49.7 Å². The topological polar surface area (TPSA) is 111 Å². The molecule has 2 aliphatic rings. The minimum atomic E-state index is -1.26. The number of piperidine rings is 1. The molecule has 1 fully saturated rings. The van der Waals surface area contributed by atoms with Gasteiger partial charge >= 0.3 is 11.9 Å². The maximum atomic E-state index is 9.55. The van der Waals surface area contributed by atoms with Crippen molar-refractivity contribution in [2.45, 2.75) is 50.3 Å². The van der Waals surface area contributed by atoms with E-state index in [1.807, 2.05) is 11.8 Å². The number of amidine groups is 1. The first kappa shape index (κ1) is 30.4. The number of rotatable bonds is 11. The number of hydrogen-bond donors (Lipinski definition) is 3. The van der Waals surface area contributed by atoms with Gasteiger partial charge in [0.25, 0.3) is 0 Å². The molecule has 9 heteroatoms. The maximum absolute atomic E-state index is 9.55. The standard InChI is InChI=1S/C26H35N3OS.C4H4O4/c1-2-25-23-11-6-7-12-24(23)28-26(31-25)27-22-13-17-29(18-14-22)16-8-19-30-20-15-21-9-4-3-5-10-21;5-3(6)1-2-4(7)8/h3-7,9-12,22,25H,2,8,13-20H2,1H3,(H,27,28);1-2H,(H,5,6)(H,7,8)/b;2-1+. The molecule has 0 radical (unpaired) electrons. The molecule has 3 N–H and O–H groups in total. The van der Waals surface area contributed by atoms with Crippen molar-refractivity contribution >= 4 is 34.6 Å². The molecule has 0 spiro atoms. The Bertz CT molecular complexity index is 1080. The van der Waals surface area contributed by atoms with E-state index in [1.165, 1.54) is 24.0 Å². The summed E-state index contributed by atoms with van der Waals surface area (Å²) >= 11 is 1.90. The fourth-order valence-corrected chi connectivity index (χ4v) is 5.66. The van der Waals surface area contributed by atoms with Crippen LogP contribution in [0, 0.1) is 0 Å². The van der Waals surface area contributed by atoms with Crippen molar-refractivity contribution in [2.75, 3.05) is 32.8 Å². The van der Waals surface area contributed by atoms with Gasteiger partial charge in [-0.3, -0.25) is 0 Å². The van der Waals surface area contributed by atoms with Crippen molar-refractivity contribution in [3.05, 3.63) is 77.9 Å². The summed E-state index contributed by atoms with van der Waals surface area (Å²) in [5, 5.41) is 21.0. The first-order valence-corrected chi connectivity index (χ1v) is 14.4. The third-order valence-electron chi connectivity index (χ3n) is 6.55. The molecule has 2 aromatic rings. The molecule has 1 atom stereocenters. The van der Waals surface area contributed by atoms with E-state index in [4.69, 9.17) is 19.9 Å². The SMILES string of the molecule is CCC1SC(NC2CCN(CCCOCCc3ccccc3)CC2)=Nc2ccccc21.O=C(O)/C=C/C(=O)O. The predicted octanol–water partition coefficient (Wildman–Crippen LogP) is 5.29. The molecule has 210 valence electrons. The van der Waals surface area contributed by atoms with Crippen molar-refractivity contribution in [3.8, 4) is 0 Å². The highest BCUT2D eigenvalue weighted by Crippen LogP contribution is 2.42. The molecule has 0 amide bonds. The summed E-state index contributed by atoms with van der Waals surface area (Å²) in [6.45, 7) is 7.40. The van der Waals surface area contributed by atoms with Crippen LogP contribution in [-0.2, 0) is 20.7 Å². The van der Waals surface area contributed by atoms with Crippen molar-refractivity contribution in [2.24, 2.45) is 4.99 Å². The van der Waals surface area contributed by atoms with Crippen LogP contribution in [0.15, 0.2) is 71.7 Å². The Labute approximate surface area is 235 Å². The summed E-state index contributed by atoms with van der Waals surface area (Å²) in [6, 6.07) is 19.7.